The number of thiazole rings is 1. The molecule has 0 radical (unpaired) electrons. The fourth-order valence-electron chi connectivity index (χ4n) is 2.94. The Balaban J connectivity index is 1.79. The van der Waals surface area contributed by atoms with Crippen molar-refractivity contribution < 1.29 is 0 Å². The molecule has 1 aliphatic rings. The Morgan fingerprint density at radius 3 is 2.61 bits per heavy atom. The van der Waals surface area contributed by atoms with Gasteiger partial charge in [0, 0.05) is 35.1 Å². The molecule has 0 amide bonds. The summed E-state index contributed by atoms with van der Waals surface area (Å²) in [5, 5.41) is 4.25. The van der Waals surface area contributed by atoms with Crippen LogP contribution in [0.1, 0.15) is 48.3 Å². The lowest BCUT2D eigenvalue weighted by Gasteiger charge is -2.20. The summed E-state index contributed by atoms with van der Waals surface area (Å²) in [5.41, 5.74) is 2.08. The summed E-state index contributed by atoms with van der Waals surface area (Å²) in [6.07, 6.45) is 1.14. The molecule has 0 aromatic carbocycles. The second kappa shape index (κ2) is 6.53. The topological polar surface area (TPSA) is 53.9 Å². The SMILES string of the molecule is Cc1cc(Nc2nc(C)c(C)s2)nc(C2CCN(C(C)C)C2)n1. The van der Waals surface area contributed by atoms with Crippen LogP contribution in [0, 0.1) is 20.8 Å². The van der Waals surface area contributed by atoms with Crippen LogP contribution in [0.5, 0.6) is 0 Å². The third-order valence-corrected chi connectivity index (χ3v) is 5.44. The Kier molecular flexibility index (Phi) is 4.64. The monoisotopic (exact) mass is 331 g/mol. The van der Waals surface area contributed by atoms with E-state index in [0.29, 0.717) is 12.0 Å². The zero-order chi connectivity index (χ0) is 16.6. The molecule has 6 heteroatoms. The van der Waals surface area contributed by atoms with Gasteiger partial charge in [0.1, 0.15) is 11.6 Å². The van der Waals surface area contributed by atoms with E-state index in [-0.39, 0.29) is 0 Å². The van der Waals surface area contributed by atoms with Crippen molar-refractivity contribution in [1.29, 1.82) is 0 Å². The Hall–Kier alpha value is -1.53. The first-order valence-corrected chi connectivity index (χ1v) is 9.04. The number of hydrogen-bond donors (Lipinski definition) is 1. The number of anilines is 2. The Morgan fingerprint density at radius 2 is 2.00 bits per heavy atom. The lowest BCUT2D eigenvalue weighted by atomic mass is 10.1. The van der Waals surface area contributed by atoms with Gasteiger partial charge >= 0.3 is 0 Å². The molecular formula is C17H25N5S. The molecule has 0 saturated carbocycles. The highest BCUT2D eigenvalue weighted by Gasteiger charge is 2.27. The standard InChI is InChI=1S/C17H25N5S/c1-10(2)22-7-6-14(9-22)16-18-11(3)8-15(20-16)21-17-19-12(4)13(5)23-17/h8,10,14H,6-7,9H2,1-5H3,(H,18,19,20,21). The normalized spacial score (nSPS) is 18.8. The maximum atomic E-state index is 4.76. The molecule has 2 aromatic rings. The van der Waals surface area contributed by atoms with E-state index in [9.17, 15) is 0 Å². The summed E-state index contributed by atoms with van der Waals surface area (Å²) >= 11 is 1.67. The molecule has 0 bridgehead atoms. The minimum Gasteiger partial charge on any atom is -0.316 e. The number of aryl methyl sites for hydroxylation is 3. The number of likely N-dealkylation sites (tertiary alicyclic amines) is 1. The van der Waals surface area contributed by atoms with Gasteiger partial charge in [0.05, 0.1) is 5.69 Å². The van der Waals surface area contributed by atoms with Gasteiger partial charge in [0.25, 0.3) is 0 Å². The van der Waals surface area contributed by atoms with Crippen molar-refractivity contribution in [2.75, 3.05) is 18.4 Å². The molecule has 1 saturated heterocycles. The highest BCUT2D eigenvalue weighted by Crippen LogP contribution is 2.28. The molecule has 1 atom stereocenters. The maximum absolute atomic E-state index is 4.76. The second-order valence-electron chi connectivity index (χ2n) is 6.61. The van der Waals surface area contributed by atoms with Crippen LogP contribution >= 0.6 is 11.3 Å². The van der Waals surface area contributed by atoms with Crippen molar-refractivity contribution in [3.05, 3.63) is 28.2 Å². The highest BCUT2D eigenvalue weighted by molar-refractivity contribution is 7.15. The molecule has 3 rings (SSSR count). The Labute approximate surface area is 142 Å². The van der Waals surface area contributed by atoms with Gasteiger partial charge in [-0.2, -0.15) is 0 Å². The van der Waals surface area contributed by atoms with E-state index in [1.807, 2.05) is 19.9 Å². The third-order valence-electron chi connectivity index (χ3n) is 4.45. The molecule has 3 heterocycles. The van der Waals surface area contributed by atoms with Crippen LogP contribution in [0.4, 0.5) is 10.9 Å². The number of hydrogen-bond acceptors (Lipinski definition) is 6. The van der Waals surface area contributed by atoms with Gasteiger partial charge in [0.2, 0.25) is 0 Å². The fraction of sp³-hybridized carbons (Fsp3) is 0.588. The zero-order valence-electron chi connectivity index (χ0n) is 14.6. The van der Waals surface area contributed by atoms with E-state index >= 15 is 0 Å². The van der Waals surface area contributed by atoms with Crippen molar-refractivity contribution in [1.82, 2.24) is 19.9 Å². The Morgan fingerprint density at radius 1 is 1.22 bits per heavy atom. The van der Waals surface area contributed by atoms with Crippen molar-refractivity contribution in [2.24, 2.45) is 0 Å². The minimum absolute atomic E-state index is 0.428. The summed E-state index contributed by atoms with van der Waals surface area (Å²) < 4.78 is 0. The van der Waals surface area contributed by atoms with Gasteiger partial charge in [-0.1, -0.05) is 0 Å². The van der Waals surface area contributed by atoms with Crippen LogP contribution in [-0.2, 0) is 0 Å². The van der Waals surface area contributed by atoms with E-state index in [4.69, 9.17) is 4.98 Å². The number of nitrogens with one attached hydrogen (secondary N) is 1. The lowest BCUT2D eigenvalue weighted by Crippen LogP contribution is -2.28. The summed E-state index contributed by atoms with van der Waals surface area (Å²) in [6.45, 7) is 12.8. The first-order chi connectivity index (χ1) is 10.9. The average Bonchev–Trinajstić information content (AvgIpc) is 3.06. The predicted octanol–water partition coefficient (Wildman–Crippen LogP) is 3.80. The van der Waals surface area contributed by atoms with Crippen LogP contribution in [0.25, 0.3) is 0 Å². The summed E-state index contributed by atoms with van der Waals surface area (Å²) in [5.74, 6) is 2.24. The predicted molar refractivity (Wildman–Crippen MR) is 95.7 cm³/mol. The van der Waals surface area contributed by atoms with Gasteiger partial charge < -0.3 is 10.2 Å². The first-order valence-electron chi connectivity index (χ1n) is 8.23. The van der Waals surface area contributed by atoms with E-state index in [1.54, 1.807) is 11.3 Å². The third kappa shape index (κ3) is 3.70. The van der Waals surface area contributed by atoms with E-state index in [2.05, 4.69) is 41.0 Å². The van der Waals surface area contributed by atoms with Gasteiger partial charge in [-0.3, -0.25) is 0 Å². The summed E-state index contributed by atoms with van der Waals surface area (Å²) in [6, 6.07) is 2.58. The molecule has 1 N–H and O–H groups in total. The van der Waals surface area contributed by atoms with Crippen LogP contribution in [0.2, 0.25) is 0 Å². The molecule has 1 unspecified atom stereocenters. The molecule has 2 aromatic heterocycles. The number of nitrogens with zero attached hydrogens (tertiary/aromatic N) is 4. The minimum atomic E-state index is 0.428. The molecule has 5 nitrogen and oxygen atoms in total. The molecule has 0 aliphatic carbocycles. The van der Waals surface area contributed by atoms with E-state index < -0.39 is 0 Å². The van der Waals surface area contributed by atoms with Crippen molar-refractivity contribution >= 4 is 22.3 Å². The quantitative estimate of drug-likeness (QED) is 0.923. The van der Waals surface area contributed by atoms with Gasteiger partial charge in [-0.05, 0) is 47.6 Å². The molecule has 0 spiro atoms. The summed E-state index contributed by atoms with van der Waals surface area (Å²) in [4.78, 5) is 17.7. The van der Waals surface area contributed by atoms with Crippen molar-refractivity contribution in [3.63, 3.8) is 0 Å². The van der Waals surface area contributed by atoms with Gasteiger partial charge in [-0.15, -0.1) is 11.3 Å². The van der Waals surface area contributed by atoms with E-state index in [1.165, 1.54) is 4.88 Å². The fourth-order valence-corrected chi connectivity index (χ4v) is 3.76. The van der Waals surface area contributed by atoms with Crippen molar-refractivity contribution in [3.8, 4) is 0 Å². The smallest absolute Gasteiger partial charge is 0.188 e. The number of rotatable bonds is 4. The average molecular weight is 331 g/mol. The van der Waals surface area contributed by atoms with Crippen LogP contribution < -0.4 is 5.32 Å². The zero-order valence-corrected chi connectivity index (χ0v) is 15.4. The van der Waals surface area contributed by atoms with Gasteiger partial charge in [0.15, 0.2) is 5.13 Å². The largest absolute Gasteiger partial charge is 0.316 e. The maximum Gasteiger partial charge on any atom is 0.188 e. The van der Waals surface area contributed by atoms with Gasteiger partial charge in [-0.25, -0.2) is 15.0 Å². The van der Waals surface area contributed by atoms with Crippen molar-refractivity contribution in [2.45, 2.75) is 53.0 Å². The molecule has 23 heavy (non-hydrogen) atoms. The highest BCUT2D eigenvalue weighted by atomic mass is 32.1. The molecule has 1 fully saturated rings. The second-order valence-corrected chi connectivity index (χ2v) is 7.82. The Bertz CT molecular complexity index is 675. The van der Waals surface area contributed by atoms with Crippen LogP contribution in [0.15, 0.2) is 6.07 Å². The van der Waals surface area contributed by atoms with Crippen LogP contribution in [0.3, 0.4) is 0 Å². The van der Waals surface area contributed by atoms with Crippen LogP contribution in [-0.4, -0.2) is 39.0 Å². The summed E-state index contributed by atoms with van der Waals surface area (Å²) in [7, 11) is 0. The lowest BCUT2D eigenvalue weighted by molar-refractivity contribution is 0.272. The molecule has 124 valence electrons. The molecule has 1 aliphatic heterocycles. The van der Waals surface area contributed by atoms with E-state index in [0.717, 1.165) is 47.7 Å². The molecular weight excluding hydrogens is 306 g/mol. The number of aromatic nitrogens is 3. The first kappa shape index (κ1) is 16.3.